The molecular weight excluding hydrogens is 378 g/mol. The van der Waals surface area contributed by atoms with E-state index in [1.54, 1.807) is 18.5 Å². The van der Waals surface area contributed by atoms with E-state index in [0.29, 0.717) is 18.1 Å². The number of hydrogen-bond donors (Lipinski definition) is 3. The second-order valence-corrected chi connectivity index (χ2v) is 7.61. The molecule has 30 heavy (non-hydrogen) atoms. The van der Waals surface area contributed by atoms with Gasteiger partial charge in [-0.3, -0.25) is 19.8 Å². The van der Waals surface area contributed by atoms with E-state index in [1.807, 2.05) is 24.3 Å². The summed E-state index contributed by atoms with van der Waals surface area (Å²) in [6.07, 6.45) is 3.49. The van der Waals surface area contributed by atoms with Crippen molar-refractivity contribution in [2.75, 3.05) is 43.9 Å². The van der Waals surface area contributed by atoms with Crippen LogP contribution in [0.15, 0.2) is 54.9 Å². The molecule has 1 aromatic carbocycles. The molecule has 1 amide bonds. The topological polar surface area (TPSA) is 89.2 Å². The van der Waals surface area contributed by atoms with Crippen LogP contribution in [-0.4, -0.2) is 64.1 Å². The maximum atomic E-state index is 12.5. The number of aromatic amines is 1. The van der Waals surface area contributed by atoms with E-state index in [9.17, 15) is 4.79 Å². The molecule has 3 aromatic rings. The van der Waals surface area contributed by atoms with Gasteiger partial charge in [0.15, 0.2) is 0 Å². The Balaban J connectivity index is 1.28. The largest absolute Gasteiger partial charge is 0.365 e. The van der Waals surface area contributed by atoms with Gasteiger partial charge in [-0.05, 0) is 42.4 Å². The molecule has 0 spiro atoms. The summed E-state index contributed by atoms with van der Waals surface area (Å²) >= 11 is 0. The Morgan fingerprint density at radius 3 is 2.50 bits per heavy atom. The minimum absolute atomic E-state index is 0.216. The van der Waals surface area contributed by atoms with E-state index in [1.165, 1.54) is 5.56 Å². The molecule has 0 aliphatic carbocycles. The first-order valence-corrected chi connectivity index (χ1v) is 10.1. The number of nitrogens with zero attached hydrogens (tertiary/aromatic N) is 4. The van der Waals surface area contributed by atoms with Crippen LogP contribution < -0.4 is 10.6 Å². The van der Waals surface area contributed by atoms with Crippen molar-refractivity contribution in [2.45, 2.75) is 13.1 Å². The molecule has 3 N–H and O–H groups in total. The number of rotatable bonds is 7. The molecule has 8 nitrogen and oxygen atoms in total. The van der Waals surface area contributed by atoms with Gasteiger partial charge in [-0.2, -0.15) is 5.10 Å². The summed E-state index contributed by atoms with van der Waals surface area (Å²) in [7, 11) is 2.16. The first-order chi connectivity index (χ1) is 14.7. The number of H-pyrrole nitrogens is 1. The lowest BCUT2D eigenvalue weighted by atomic mass is 10.1. The summed E-state index contributed by atoms with van der Waals surface area (Å²) in [6, 6.07) is 13.6. The molecule has 1 fully saturated rings. The van der Waals surface area contributed by atoms with Crippen molar-refractivity contribution in [3.63, 3.8) is 0 Å². The monoisotopic (exact) mass is 405 g/mol. The molecule has 0 atom stereocenters. The fraction of sp³-hybridized carbons (Fsp3) is 0.318. The van der Waals surface area contributed by atoms with Crippen LogP contribution in [0.5, 0.6) is 0 Å². The van der Waals surface area contributed by atoms with Crippen molar-refractivity contribution in [3.05, 3.63) is 71.7 Å². The lowest BCUT2D eigenvalue weighted by Crippen LogP contribution is -2.43. The highest BCUT2D eigenvalue weighted by Crippen LogP contribution is 2.15. The minimum atomic E-state index is -0.216. The molecular formula is C22H27N7O. The Bertz CT molecular complexity index is 947. The highest BCUT2D eigenvalue weighted by Gasteiger charge is 2.14. The molecule has 0 bridgehead atoms. The SMILES string of the molecule is CN1CCN(Cc2ccc(NC(=O)c3cc(NCc4ccncc4)n[nH]3)cc2)CC1. The third kappa shape index (κ3) is 5.43. The number of carbonyl (C=O) groups excluding carboxylic acids is 1. The predicted molar refractivity (Wildman–Crippen MR) is 117 cm³/mol. The lowest BCUT2D eigenvalue weighted by molar-refractivity contribution is 0.102. The van der Waals surface area contributed by atoms with Crippen molar-refractivity contribution in [1.82, 2.24) is 25.0 Å². The zero-order valence-electron chi connectivity index (χ0n) is 17.1. The van der Waals surface area contributed by atoms with Crippen LogP contribution in [0.2, 0.25) is 0 Å². The number of benzene rings is 1. The maximum absolute atomic E-state index is 12.5. The summed E-state index contributed by atoms with van der Waals surface area (Å²) in [5.74, 6) is 0.408. The average Bonchev–Trinajstić information content (AvgIpc) is 3.25. The second kappa shape index (κ2) is 9.51. The number of piperazine rings is 1. The van der Waals surface area contributed by atoms with Gasteiger partial charge in [0, 0.05) is 63.4 Å². The average molecular weight is 406 g/mol. The van der Waals surface area contributed by atoms with Gasteiger partial charge in [-0.1, -0.05) is 12.1 Å². The number of hydrogen-bond acceptors (Lipinski definition) is 6. The van der Waals surface area contributed by atoms with Gasteiger partial charge in [0.25, 0.3) is 5.91 Å². The fourth-order valence-corrected chi connectivity index (χ4v) is 3.38. The van der Waals surface area contributed by atoms with Gasteiger partial charge < -0.3 is 15.5 Å². The predicted octanol–water partition coefficient (Wildman–Crippen LogP) is 2.42. The third-order valence-corrected chi connectivity index (χ3v) is 5.26. The number of nitrogens with one attached hydrogen (secondary N) is 3. The number of pyridine rings is 1. The standard InChI is InChI=1S/C22H27N7O/c1-28-10-12-29(13-11-28)16-18-2-4-19(5-3-18)25-22(30)20-14-21(27-26-20)24-15-17-6-8-23-9-7-17/h2-9,14H,10-13,15-16H2,1H3,(H,25,30)(H2,24,26,27). The van der Waals surface area contributed by atoms with Crippen molar-refractivity contribution in [3.8, 4) is 0 Å². The first-order valence-electron chi connectivity index (χ1n) is 10.1. The molecule has 4 rings (SSSR count). The van der Waals surface area contributed by atoms with Crippen LogP contribution in [0.25, 0.3) is 0 Å². The van der Waals surface area contributed by atoms with E-state index in [4.69, 9.17) is 0 Å². The molecule has 3 heterocycles. The van der Waals surface area contributed by atoms with Crippen LogP contribution in [-0.2, 0) is 13.1 Å². The number of anilines is 2. The first kappa shape index (κ1) is 20.1. The van der Waals surface area contributed by atoms with Gasteiger partial charge in [0.2, 0.25) is 0 Å². The van der Waals surface area contributed by atoms with E-state index in [-0.39, 0.29) is 5.91 Å². The zero-order valence-corrected chi connectivity index (χ0v) is 17.1. The van der Waals surface area contributed by atoms with E-state index in [2.05, 4.69) is 54.8 Å². The van der Waals surface area contributed by atoms with Crippen LogP contribution >= 0.6 is 0 Å². The highest BCUT2D eigenvalue weighted by atomic mass is 16.1. The van der Waals surface area contributed by atoms with Gasteiger partial charge in [0.1, 0.15) is 11.5 Å². The van der Waals surface area contributed by atoms with Crippen LogP contribution in [0, 0.1) is 0 Å². The van der Waals surface area contributed by atoms with Crippen molar-refractivity contribution in [2.24, 2.45) is 0 Å². The number of carbonyl (C=O) groups is 1. The van der Waals surface area contributed by atoms with Crippen molar-refractivity contribution >= 4 is 17.4 Å². The van der Waals surface area contributed by atoms with Crippen LogP contribution in [0.1, 0.15) is 21.6 Å². The van der Waals surface area contributed by atoms with Gasteiger partial charge >= 0.3 is 0 Å². The summed E-state index contributed by atoms with van der Waals surface area (Å²) in [5, 5.41) is 13.0. The molecule has 0 unspecified atom stereocenters. The van der Waals surface area contributed by atoms with Gasteiger partial charge in [-0.15, -0.1) is 0 Å². The Kier molecular flexibility index (Phi) is 6.36. The van der Waals surface area contributed by atoms with Crippen LogP contribution in [0.3, 0.4) is 0 Å². The molecule has 1 saturated heterocycles. The Labute approximate surface area is 176 Å². The Morgan fingerprint density at radius 2 is 1.77 bits per heavy atom. The van der Waals surface area contributed by atoms with E-state index >= 15 is 0 Å². The summed E-state index contributed by atoms with van der Waals surface area (Å²) in [5.41, 5.74) is 3.52. The summed E-state index contributed by atoms with van der Waals surface area (Å²) in [4.78, 5) is 21.3. The third-order valence-electron chi connectivity index (χ3n) is 5.26. The molecule has 1 aliphatic rings. The summed E-state index contributed by atoms with van der Waals surface area (Å²) < 4.78 is 0. The number of likely N-dealkylation sites (N-methyl/N-ethyl adjacent to an activating group) is 1. The lowest BCUT2D eigenvalue weighted by Gasteiger charge is -2.32. The second-order valence-electron chi connectivity index (χ2n) is 7.61. The molecule has 156 valence electrons. The number of amides is 1. The molecule has 0 radical (unpaired) electrons. The smallest absolute Gasteiger partial charge is 0.273 e. The molecule has 1 aliphatic heterocycles. The highest BCUT2D eigenvalue weighted by molar-refractivity contribution is 6.03. The normalized spacial score (nSPS) is 15.1. The van der Waals surface area contributed by atoms with Crippen LogP contribution in [0.4, 0.5) is 11.5 Å². The fourth-order valence-electron chi connectivity index (χ4n) is 3.38. The number of aromatic nitrogens is 3. The maximum Gasteiger partial charge on any atom is 0.273 e. The minimum Gasteiger partial charge on any atom is -0.365 e. The zero-order chi connectivity index (χ0) is 20.8. The molecule has 2 aromatic heterocycles. The molecule has 0 saturated carbocycles. The summed E-state index contributed by atoms with van der Waals surface area (Å²) in [6.45, 7) is 5.95. The van der Waals surface area contributed by atoms with E-state index < -0.39 is 0 Å². The van der Waals surface area contributed by atoms with E-state index in [0.717, 1.165) is 44.0 Å². The van der Waals surface area contributed by atoms with Gasteiger partial charge in [0.05, 0.1) is 0 Å². The van der Waals surface area contributed by atoms with Crippen molar-refractivity contribution in [1.29, 1.82) is 0 Å². The molecule has 8 heteroatoms. The Morgan fingerprint density at radius 1 is 1.03 bits per heavy atom. The van der Waals surface area contributed by atoms with Crippen molar-refractivity contribution < 1.29 is 4.79 Å². The quantitative estimate of drug-likeness (QED) is 0.559. The Hall–Kier alpha value is -3.23. The van der Waals surface area contributed by atoms with Gasteiger partial charge in [-0.25, -0.2) is 0 Å².